The van der Waals surface area contributed by atoms with Crippen LogP contribution in [0.25, 0.3) is 0 Å². The van der Waals surface area contributed by atoms with E-state index in [1.807, 2.05) is 0 Å². The van der Waals surface area contributed by atoms with Gasteiger partial charge in [0.05, 0.1) is 13.2 Å². The van der Waals surface area contributed by atoms with Gasteiger partial charge in [-0.15, -0.1) is 0 Å². The Balaban J connectivity index is 1.94. The summed E-state index contributed by atoms with van der Waals surface area (Å²) in [5, 5.41) is 57.5. The van der Waals surface area contributed by atoms with Crippen LogP contribution in [0.5, 0.6) is 11.5 Å². The fourth-order valence-corrected chi connectivity index (χ4v) is 4.59. The minimum atomic E-state index is -1.47. The molecule has 0 radical (unpaired) electrons. The van der Waals surface area contributed by atoms with Crippen LogP contribution in [0.4, 0.5) is 0 Å². The topological polar surface area (TPSA) is 261 Å². The average Bonchev–Trinajstić information content (AvgIpc) is 3.04. The lowest BCUT2D eigenvalue weighted by atomic mass is 9.87. The molecule has 15 nitrogen and oxygen atoms in total. The predicted molar refractivity (Wildman–Crippen MR) is 168 cm³/mol. The molecule has 2 rings (SSSR count). The minimum absolute atomic E-state index is 0.0313. The first-order valence-electron chi connectivity index (χ1n) is 14.2. The lowest BCUT2D eigenvalue weighted by Gasteiger charge is -2.27. The third kappa shape index (κ3) is 11.6. The van der Waals surface area contributed by atoms with Crippen molar-refractivity contribution in [3.63, 3.8) is 0 Å². The number of amides is 4. The van der Waals surface area contributed by atoms with Crippen molar-refractivity contribution in [1.29, 1.82) is 0 Å². The van der Waals surface area contributed by atoms with E-state index in [1.54, 1.807) is 0 Å². The van der Waals surface area contributed by atoms with Gasteiger partial charge in [-0.2, -0.15) is 0 Å². The second-order valence-electron chi connectivity index (χ2n) is 11.0. The van der Waals surface area contributed by atoms with Crippen LogP contribution < -0.4 is 27.0 Å². The molecule has 0 spiro atoms. The van der Waals surface area contributed by atoms with Gasteiger partial charge in [0.15, 0.2) is 0 Å². The summed E-state index contributed by atoms with van der Waals surface area (Å²) in [6, 6.07) is 7.06. The molecular weight excluding hydrogens is 622 g/mol. The number of nitrogens with one attached hydrogen (secondary N) is 4. The van der Waals surface area contributed by atoms with Crippen LogP contribution in [0.2, 0.25) is 0 Å². The highest BCUT2D eigenvalue weighted by Crippen LogP contribution is 2.23. The SMILES string of the molecule is CC(C)(CO)[C@@H](O)C(=O)NCCC(=O)NCCSC(=O)[C@H](NC(=O)[C@H](CO)NC(=O)[C@H](N)c1ccc(O)cc1)c1ccc(O)cc1. The van der Waals surface area contributed by atoms with Gasteiger partial charge < -0.3 is 52.5 Å². The lowest BCUT2D eigenvalue weighted by Crippen LogP contribution is -2.52. The summed E-state index contributed by atoms with van der Waals surface area (Å²) in [5.74, 6) is -2.84. The summed E-state index contributed by atoms with van der Waals surface area (Å²) in [6.45, 7) is 1.80. The first-order valence-corrected chi connectivity index (χ1v) is 15.2. The molecule has 0 fully saturated rings. The molecule has 0 aromatic heterocycles. The second kappa shape index (κ2) is 18.1. The highest BCUT2D eigenvalue weighted by Gasteiger charge is 2.33. The van der Waals surface area contributed by atoms with E-state index in [1.165, 1.54) is 62.4 Å². The van der Waals surface area contributed by atoms with Crippen molar-refractivity contribution in [2.45, 2.75) is 44.5 Å². The van der Waals surface area contributed by atoms with E-state index < -0.39 is 71.6 Å². The molecule has 0 aliphatic carbocycles. The Labute approximate surface area is 269 Å². The van der Waals surface area contributed by atoms with Gasteiger partial charge in [-0.3, -0.25) is 24.0 Å². The smallest absolute Gasteiger partial charge is 0.249 e. The van der Waals surface area contributed by atoms with Gasteiger partial charge in [-0.25, -0.2) is 0 Å². The number of benzene rings is 2. The quantitative estimate of drug-likeness (QED) is 0.0886. The Morgan fingerprint density at radius 3 is 1.91 bits per heavy atom. The molecule has 2 aromatic rings. The maximum Gasteiger partial charge on any atom is 0.249 e. The summed E-state index contributed by atoms with van der Waals surface area (Å²) in [7, 11) is 0. The maximum atomic E-state index is 13.2. The molecule has 16 heteroatoms. The molecule has 0 saturated carbocycles. The molecule has 2 aromatic carbocycles. The van der Waals surface area contributed by atoms with Gasteiger partial charge in [0.2, 0.25) is 28.7 Å². The predicted octanol–water partition coefficient (Wildman–Crippen LogP) is -1.31. The van der Waals surface area contributed by atoms with E-state index in [9.17, 15) is 49.5 Å². The Bertz CT molecular complexity index is 1340. The maximum absolute atomic E-state index is 13.2. The highest BCUT2D eigenvalue weighted by molar-refractivity contribution is 8.13. The van der Waals surface area contributed by atoms with Crippen LogP contribution >= 0.6 is 11.8 Å². The Morgan fingerprint density at radius 1 is 0.804 bits per heavy atom. The lowest BCUT2D eigenvalue weighted by molar-refractivity contribution is -0.137. The van der Waals surface area contributed by atoms with E-state index in [0.29, 0.717) is 11.1 Å². The molecule has 0 aliphatic rings. The number of thioether (sulfide) groups is 1. The van der Waals surface area contributed by atoms with E-state index in [2.05, 4.69) is 21.3 Å². The zero-order chi connectivity index (χ0) is 34.4. The van der Waals surface area contributed by atoms with E-state index in [4.69, 9.17) is 5.73 Å². The summed E-state index contributed by atoms with van der Waals surface area (Å²) in [5.41, 5.74) is 5.55. The van der Waals surface area contributed by atoms with Crippen molar-refractivity contribution in [2.75, 3.05) is 32.1 Å². The van der Waals surface area contributed by atoms with Crippen molar-refractivity contribution in [2.24, 2.45) is 11.1 Å². The number of hydrogen-bond donors (Lipinski definition) is 10. The Morgan fingerprint density at radius 2 is 1.37 bits per heavy atom. The van der Waals surface area contributed by atoms with Crippen molar-refractivity contribution >= 4 is 40.5 Å². The van der Waals surface area contributed by atoms with Crippen LogP contribution in [0.3, 0.4) is 0 Å². The molecule has 4 atom stereocenters. The van der Waals surface area contributed by atoms with Gasteiger partial charge in [0.1, 0.15) is 35.7 Å². The molecule has 46 heavy (non-hydrogen) atoms. The molecule has 0 bridgehead atoms. The Hall–Kier alpha value is -4.22. The zero-order valence-corrected chi connectivity index (χ0v) is 26.3. The average molecular weight is 664 g/mol. The van der Waals surface area contributed by atoms with Crippen LogP contribution in [0.15, 0.2) is 48.5 Å². The number of rotatable bonds is 17. The molecule has 252 valence electrons. The fourth-order valence-electron chi connectivity index (χ4n) is 3.83. The third-order valence-electron chi connectivity index (χ3n) is 6.81. The largest absolute Gasteiger partial charge is 0.508 e. The number of phenols is 2. The number of aromatic hydroxyl groups is 2. The molecule has 4 amide bonds. The van der Waals surface area contributed by atoms with Crippen molar-refractivity contribution in [3.05, 3.63) is 59.7 Å². The number of carbonyl (C=O) groups excluding carboxylic acids is 5. The van der Waals surface area contributed by atoms with Crippen LogP contribution in [0, 0.1) is 5.41 Å². The first kappa shape index (κ1) is 38.0. The number of aliphatic hydroxyl groups is 3. The summed E-state index contributed by atoms with van der Waals surface area (Å²) >= 11 is 0.794. The molecule has 0 heterocycles. The first-order chi connectivity index (χ1) is 21.7. The molecule has 0 aliphatic heterocycles. The van der Waals surface area contributed by atoms with Crippen molar-refractivity contribution < 1.29 is 49.5 Å². The fraction of sp³-hybridized carbons (Fsp3) is 0.433. The number of aliphatic hydroxyl groups excluding tert-OH is 3. The molecule has 0 unspecified atom stereocenters. The van der Waals surface area contributed by atoms with E-state index >= 15 is 0 Å². The summed E-state index contributed by atoms with van der Waals surface area (Å²) in [6.07, 6.45) is -1.56. The summed E-state index contributed by atoms with van der Waals surface area (Å²) in [4.78, 5) is 63.1. The van der Waals surface area contributed by atoms with Gasteiger partial charge in [-0.05, 0) is 35.4 Å². The number of hydrogen-bond acceptors (Lipinski definition) is 12. The Kier molecular flexibility index (Phi) is 14.9. The number of nitrogens with two attached hydrogens (primary N) is 1. The zero-order valence-electron chi connectivity index (χ0n) is 25.4. The molecule has 0 saturated heterocycles. The standard InChI is InChI=1S/C30H41N5O10S/c1-30(2,16-37)25(41)28(44)33-12-11-22(40)32-13-14-46-29(45)24(18-5-9-20(39)10-6-18)35-26(42)21(15-36)34-27(43)23(31)17-3-7-19(38)8-4-17/h3-10,21,23-25,36-39,41H,11-16,31H2,1-2H3,(H,32,40)(H,33,44)(H,34,43)(H,35,42)/t21-,23+,24+,25-/m0/s1. The number of phenolic OH excluding ortho intramolecular Hbond substituents is 2. The number of carbonyl (C=O) groups is 5. The third-order valence-corrected chi connectivity index (χ3v) is 7.74. The van der Waals surface area contributed by atoms with Crippen molar-refractivity contribution in [1.82, 2.24) is 21.3 Å². The second-order valence-corrected chi connectivity index (χ2v) is 12.1. The van der Waals surface area contributed by atoms with E-state index in [0.717, 1.165) is 11.8 Å². The van der Waals surface area contributed by atoms with Gasteiger partial charge >= 0.3 is 0 Å². The van der Waals surface area contributed by atoms with Gasteiger partial charge in [0.25, 0.3) is 0 Å². The van der Waals surface area contributed by atoms with Crippen LogP contribution in [0.1, 0.15) is 43.5 Å². The summed E-state index contributed by atoms with van der Waals surface area (Å²) < 4.78 is 0. The van der Waals surface area contributed by atoms with E-state index in [-0.39, 0.29) is 36.8 Å². The van der Waals surface area contributed by atoms with Crippen LogP contribution in [-0.4, -0.2) is 98.5 Å². The van der Waals surface area contributed by atoms with Crippen LogP contribution in [-0.2, 0) is 24.0 Å². The normalized spacial score (nSPS) is 13.9. The highest BCUT2D eigenvalue weighted by atomic mass is 32.2. The van der Waals surface area contributed by atoms with Gasteiger partial charge in [0, 0.05) is 30.7 Å². The van der Waals surface area contributed by atoms with Gasteiger partial charge in [-0.1, -0.05) is 49.9 Å². The molecular formula is C30H41N5O10S. The minimum Gasteiger partial charge on any atom is -0.508 e. The monoisotopic (exact) mass is 663 g/mol. The molecule has 11 N–H and O–H groups in total. The van der Waals surface area contributed by atoms with Crippen molar-refractivity contribution in [3.8, 4) is 11.5 Å².